The first-order chi connectivity index (χ1) is 5.90. The SMILES string of the molecule is C1C2CC3CC1CC(C2)C3.CO. The molecule has 0 spiro atoms. The van der Waals surface area contributed by atoms with E-state index in [-0.39, 0.29) is 0 Å². The van der Waals surface area contributed by atoms with E-state index >= 15 is 0 Å². The quantitative estimate of drug-likeness (QED) is 0.589. The van der Waals surface area contributed by atoms with E-state index in [2.05, 4.69) is 0 Å². The van der Waals surface area contributed by atoms with Crippen molar-refractivity contribution >= 4 is 0 Å². The van der Waals surface area contributed by atoms with Crippen LogP contribution in [0.1, 0.15) is 38.5 Å². The van der Waals surface area contributed by atoms with Crippen LogP contribution in [0, 0.1) is 23.7 Å². The molecule has 4 fully saturated rings. The summed E-state index contributed by atoms with van der Waals surface area (Å²) in [5.41, 5.74) is 0. The van der Waals surface area contributed by atoms with Gasteiger partial charge in [0.05, 0.1) is 0 Å². The monoisotopic (exact) mass is 168 g/mol. The van der Waals surface area contributed by atoms with Gasteiger partial charge >= 0.3 is 0 Å². The van der Waals surface area contributed by atoms with E-state index in [0.29, 0.717) is 0 Å². The topological polar surface area (TPSA) is 20.2 Å². The Bertz CT molecular complexity index is 96.6. The summed E-state index contributed by atoms with van der Waals surface area (Å²) in [6.07, 6.45) is 9.62. The molecule has 4 aliphatic carbocycles. The molecular formula is C11H20O. The van der Waals surface area contributed by atoms with Gasteiger partial charge < -0.3 is 5.11 Å². The lowest BCUT2D eigenvalue weighted by Crippen LogP contribution is -2.38. The zero-order valence-corrected chi connectivity index (χ0v) is 8.00. The molecule has 0 aromatic rings. The van der Waals surface area contributed by atoms with Crippen LogP contribution in [0.2, 0.25) is 0 Å². The van der Waals surface area contributed by atoms with Gasteiger partial charge in [0.25, 0.3) is 0 Å². The van der Waals surface area contributed by atoms with Crippen LogP contribution in [-0.2, 0) is 0 Å². The van der Waals surface area contributed by atoms with Gasteiger partial charge in [-0.1, -0.05) is 0 Å². The second kappa shape index (κ2) is 3.37. The Balaban J connectivity index is 0.000000264. The van der Waals surface area contributed by atoms with Gasteiger partial charge in [-0.15, -0.1) is 0 Å². The summed E-state index contributed by atoms with van der Waals surface area (Å²) in [7, 11) is 1.00. The van der Waals surface area contributed by atoms with Gasteiger partial charge in [0.2, 0.25) is 0 Å². The Kier molecular flexibility index (Phi) is 2.40. The van der Waals surface area contributed by atoms with Crippen molar-refractivity contribution in [3.05, 3.63) is 0 Å². The maximum Gasteiger partial charge on any atom is 0.0319 e. The molecule has 0 saturated heterocycles. The van der Waals surface area contributed by atoms with Gasteiger partial charge in [-0.25, -0.2) is 0 Å². The van der Waals surface area contributed by atoms with Crippen molar-refractivity contribution in [2.45, 2.75) is 38.5 Å². The molecule has 4 saturated carbocycles. The van der Waals surface area contributed by atoms with Crippen molar-refractivity contribution in [3.8, 4) is 0 Å². The molecule has 0 unspecified atom stereocenters. The first-order valence-electron chi connectivity index (χ1n) is 5.35. The molecule has 70 valence electrons. The molecule has 0 atom stereocenters. The summed E-state index contributed by atoms with van der Waals surface area (Å²) in [6.45, 7) is 0. The molecule has 0 radical (unpaired) electrons. The summed E-state index contributed by atoms with van der Waals surface area (Å²) in [5, 5.41) is 7.00. The smallest absolute Gasteiger partial charge is 0.0319 e. The van der Waals surface area contributed by atoms with Crippen LogP contribution in [-0.4, -0.2) is 12.2 Å². The van der Waals surface area contributed by atoms with Crippen LogP contribution < -0.4 is 0 Å². The lowest BCUT2D eigenvalue weighted by molar-refractivity contribution is 0.0198. The number of hydrogen-bond acceptors (Lipinski definition) is 1. The summed E-state index contributed by atoms with van der Waals surface area (Å²) in [5.74, 6) is 4.71. The second-order valence-electron chi connectivity index (χ2n) is 4.88. The van der Waals surface area contributed by atoms with E-state index in [1.807, 2.05) is 0 Å². The normalized spacial score (nSPS) is 48.5. The summed E-state index contributed by atoms with van der Waals surface area (Å²) < 4.78 is 0. The van der Waals surface area contributed by atoms with Crippen molar-refractivity contribution in [2.75, 3.05) is 7.11 Å². The zero-order chi connectivity index (χ0) is 8.55. The predicted octanol–water partition coefficient (Wildman–Crippen LogP) is 2.44. The van der Waals surface area contributed by atoms with Crippen LogP contribution in [0.5, 0.6) is 0 Å². The summed E-state index contributed by atoms with van der Waals surface area (Å²) in [4.78, 5) is 0. The van der Waals surface area contributed by atoms with Gasteiger partial charge in [-0.05, 0) is 62.2 Å². The third kappa shape index (κ3) is 1.39. The third-order valence-corrected chi connectivity index (χ3v) is 4.00. The molecule has 0 amide bonds. The highest BCUT2D eigenvalue weighted by Gasteiger charge is 2.41. The number of aliphatic hydroxyl groups excluding tert-OH is 1. The molecule has 4 bridgehead atoms. The van der Waals surface area contributed by atoms with E-state index in [0.717, 1.165) is 7.11 Å². The Morgan fingerprint density at radius 1 is 0.583 bits per heavy atom. The molecule has 1 heteroatoms. The van der Waals surface area contributed by atoms with Gasteiger partial charge in [0.1, 0.15) is 0 Å². The van der Waals surface area contributed by atoms with Crippen LogP contribution in [0.15, 0.2) is 0 Å². The van der Waals surface area contributed by atoms with Crippen molar-refractivity contribution in [1.29, 1.82) is 0 Å². The van der Waals surface area contributed by atoms with Crippen molar-refractivity contribution in [1.82, 2.24) is 0 Å². The van der Waals surface area contributed by atoms with E-state index < -0.39 is 0 Å². The largest absolute Gasteiger partial charge is 0.400 e. The number of aliphatic hydroxyl groups is 1. The second-order valence-corrected chi connectivity index (χ2v) is 4.88. The molecule has 0 heterocycles. The Labute approximate surface area is 75.2 Å². The standard InChI is InChI=1S/C10H16.CH4O/c1-7-2-9-4-8(1)5-10(3-7)6-9;1-2/h7-10H,1-6H2;2H,1H3. The molecule has 0 aliphatic heterocycles. The number of rotatable bonds is 0. The van der Waals surface area contributed by atoms with Crippen LogP contribution in [0.3, 0.4) is 0 Å². The fourth-order valence-corrected chi connectivity index (χ4v) is 3.98. The van der Waals surface area contributed by atoms with Crippen molar-refractivity contribution in [2.24, 2.45) is 23.7 Å². The lowest BCUT2D eigenvalue weighted by atomic mass is 9.56. The zero-order valence-electron chi connectivity index (χ0n) is 8.00. The van der Waals surface area contributed by atoms with Gasteiger partial charge in [0, 0.05) is 7.11 Å². The highest BCUT2D eigenvalue weighted by Crippen LogP contribution is 2.53. The molecule has 1 nitrogen and oxygen atoms in total. The fourth-order valence-electron chi connectivity index (χ4n) is 3.98. The van der Waals surface area contributed by atoms with Crippen LogP contribution in [0.25, 0.3) is 0 Å². The fraction of sp³-hybridized carbons (Fsp3) is 1.00. The van der Waals surface area contributed by atoms with Gasteiger partial charge in [0.15, 0.2) is 0 Å². The molecular weight excluding hydrogens is 148 g/mol. The number of hydrogen-bond donors (Lipinski definition) is 1. The molecule has 0 aromatic carbocycles. The maximum absolute atomic E-state index is 7.00. The first-order valence-corrected chi connectivity index (χ1v) is 5.35. The highest BCUT2D eigenvalue weighted by molar-refractivity contribution is 4.92. The predicted molar refractivity (Wildman–Crippen MR) is 49.8 cm³/mol. The van der Waals surface area contributed by atoms with Gasteiger partial charge in [-0.2, -0.15) is 0 Å². The molecule has 1 N–H and O–H groups in total. The Hall–Kier alpha value is -0.0400. The van der Waals surface area contributed by atoms with Crippen molar-refractivity contribution < 1.29 is 5.11 Å². The average Bonchev–Trinajstić information content (AvgIpc) is 2.05. The molecule has 0 aromatic heterocycles. The van der Waals surface area contributed by atoms with E-state index in [9.17, 15) is 0 Å². The van der Waals surface area contributed by atoms with Crippen molar-refractivity contribution in [3.63, 3.8) is 0 Å². The molecule has 4 rings (SSSR count). The lowest BCUT2D eigenvalue weighted by Gasteiger charge is -2.49. The minimum Gasteiger partial charge on any atom is -0.400 e. The van der Waals surface area contributed by atoms with Crippen LogP contribution in [0.4, 0.5) is 0 Å². The first kappa shape index (κ1) is 8.55. The van der Waals surface area contributed by atoms with E-state index in [1.165, 1.54) is 23.7 Å². The Morgan fingerprint density at radius 2 is 0.750 bits per heavy atom. The Morgan fingerprint density at radius 3 is 0.917 bits per heavy atom. The molecule has 12 heavy (non-hydrogen) atoms. The minimum absolute atomic E-state index is 1.00. The third-order valence-electron chi connectivity index (χ3n) is 4.00. The maximum atomic E-state index is 7.00. The summed E-state index contributed by atoms with van der Waals surface area (Å²) in [6, 6.07) is 0. The highest BCUT2D eigenvalue weighted by atomic mass is 16.2. The summed E-state index contributed by atoms with van der Waals surface area (Å²) >= 11 is 0. The average molecular weight is 168 g/mol. The van der Waals surface area contributed by atoms with E-state index in [4.69, 9.17) is 5.11 Å². The van der Waals surface area contributed by atoms with Gasteiger partial charge in [-0.3, -0.25) is 0 Å². The van der Waals surface area contributed by atoms with E-state index in [1.54, 1.807) is 38.5 Å². The minimum atomic E-state index is 1.00. The molecule has 4 aliphatic rings. The van der Waals surface area contributed by atoms with Crippen LogP contribution >= 0.6 is 0 Å².